The van der Waals surface area contributed by atoms with Gasteiger partial charge in [-0.25, -0.2) is 4.98 Å². The molecule has 0 amide bonds. The van der Waals surface area contributed by atoms with Crippen LogP contribution in [0.4, 0.5) is 5.95 Å². The smallest absolute Gasteiger partial charge is 0.243 e. The monoisotopic (exact) mass is 388 g/mol. The molecule has 0 saturated carbocycles. The van der Waals surface area contributed by atoms with E-state index in [9.17, 15) is 0 Å². The molecule has 0 spiro atoms. The van der Waals surface area contributed by atoms with Crippen molar-refractivity contribution in [2.45, 2.75) is 6.54 Å². The van der Waals surface area contributed by atoms with E-state index in [0.717, 1.165) is 34.0 Å². The largest absolute Gasteiger partial charge is 0.497 e. The van der Waals surface area contributed by atoms with Crippen LogP contribution >= 0.6 is 0 Å². The number of aromatic amines is 1. The number of hydrogen-bond donors (Lipinski definition) is 2. The van der Waals surface area contributed by atoms with Crippen LogP contribution in [-0.4, -0.2) is 39.6 Å². The molecule has 0 radical (unpaired) electrons. The van der Waals surface area contributed by atoms with Crippen molar-refractivity contribution in [3.05, 3.63) is 66.5 Å². The second-order valence-electron chi connectivity index (χ2n) is 6.23. The number of ether oxygens (including phenoxy) is 2. The predicted molar refractivity (Wildman–Crippen MR) is 110 cm³/mol. The Kier molecular flexibility index (Phi) is 5.33. The van der Waals surface area contributed by atoms with Crippen LogP contribution in [0.15, 0.2) is 60.8 Å². The number of para-hydroxylation sites is 1. The highest BCUT2D eigenvalue weighted by Crippen LogP contribution is 2.27. The minimum absolute atomic E-state index is 0.425. The van der Waals surface area contributed by atoms with Crippen LogP contribution in [0.3, 0.4) is 0 Å². The van der Waals surface area contributed by atoms with Crippen LogP contribution in [-0.2, 0) is 6.54 Å². The Morgan fingerprint density at radius 1 is 0.966 bits per heavy atom. The zero-order chi connectivity index (χ0) is 20.1. The van der Waals surface area contributed by atoms with Crippen molar-refractivity contribution >= 4 is 5.95 Å². The second kappa shape index (κ2) is 8.39. The number of anilines is 1. The summed E-state index contributed by atoms with van der Waals surface area (Å²) in [5.74, 6) is 1.97. The third kappa shape index (κ3) is 4.16. The van der Waals surface area contributed by atoms with Crippen LogP contribution in [0.5, 0.6) is 11.5 Å². The first kappa shape index (κ1) is 18.4. The lowest BCUT2D eigenvalue weighted by Gasteiger charge is -2.08. The molecule has 0 fully saturated rings. The number of nitrogens with zero attached hydrogens (tertiary/aromatic N) is 4. The molecule has 0 atom stereocenters. The van der Waals surface area contributed by atoms with Gasteiger partial charge < -0.3 is 14.8 Å². The van der Waals surface area contributed by atoms with Crippen LogP contribution in [0.2, 0.25) is 0 Å². The fraction of sp³-hybridized carbons (Fsp3) is 0.143. The van der Waals surface area contributed by atoms with Gasteiger partial charge in [0.05, 0.1) is 44.0 Å². The van der Waals surface area contributed by atoms with Gasteiger partial charge in [0.25, 0.3) is 0 Å². The highest BCUT2D eigenvalue weighted by atomic mass is 16.5. The van der Waals surface area contributed by atoms with Gasteiger partial charge in [0.15, 0.2) is 0 Å². The lowest BCUT2D eigenvalue weighted by Crippen LogP contribution is -2.05. The third-order valence-electron chi connectivity index (χ3n) is 4.40. The summed E-state index contributed by atoms with van der Waals surface area (Å²) in [6.07, 6.45) is 1.61. The molecule has 2 aromatic carbocycles. The van der Waals surface area contributed by atoms with Crippen molar-refractivity contribution in [1.29, 1.82) is 0 Å². The molecular weight excluding hydrogens is 368 g/mol. The molecule has 8 nitrogen and oxygen atoms in total. The maximum Gasteiger partial charge on any atom is 0.243 e. The summed E-state index contributed by atoms with van der Waals surface area (Å²) >= 11 is 0. The Hall–Kier alpha value is -3.94. The summed E-state index contributed by atoms with van der Waals surface area (Å²) in [5.41, 5.74) is 4.30. The van der Waals surface area contributed by atoms with Gasteiger partial charge in [0.2, 0.25) is 5.95 Å². The van der Waals surface area contributed by atoms with Crippen molar-refractivity contribution in [1.82, 2.24) is 25.4 Å². The molecule has 146 valence electrons. The van der Waals surface area contributed by atoms with Gasteiger partial charge in [-0.1, -0.05) is 12.1 Å². The Bertz CT molecular complexity index is 1090. The highest BCUT2D eigenvalue weighted by Gasteiger charge is 2.09. The fourth-order valence-corrected chi connectivity index (χ4v) is 2.90. The van der Waals surface area contributed by atoms with Gasteiger partial charge >= 0.3 is 0 Å². The zero-order valence-electron chi connectivity index (χ0n) is 16.1. The Balaban J connectivity index is 1.46. The van der Waals surface area contributed by atoms with Crippen molar-refractivity contribution < 1.29 is 9.47 Å². The minimum Gasteiger partial charge on any atom is -0.497 e. The number of rotatable bonds is 7. The Labute approximate surface area is 167 Å². The first-order chi connectivity index (χ1) is 14.3. The van der Waals surface area contributed by atoms with Gasteiger partial charge in [-0.15, -0.1) is 5.10 Å². The van der Waals surface area contributed by atoms with E-state index in [4.69, 9.17) is 9.47 Å². The molecule has 0 unspecified atom stereocenters. The summed E-state index contributed by atoms with van der Waals surface area (Å²) < 4.78 is 10.6. The van der Waals surface area contributed by atoms with Crippen LogP contribution in [0.25, 0.3) is 22.5 Å². The third-order valence-corrected chi connectivity index (χ3v) is 4.40. The topological polar surface area (TPSA) is 97.8 Å². The zero-order valence-corrected chi connectivity index (χ0v) is 16.1. The fourth-order valence-electron chi connectivity index (χ4n) is 2.90. The molecule has 8 heteroatoms. The quantitative estimate of drug-likeness (QED) is 0.499. The summed E-state index contributed by atoms with van der Waals surface area (Å²) in [5, 5.41) is 18.7. The van der Waals surface area contributed by atoms with Gasteiger partial charge in [-0.2, -0.15) is 10.2 Å². The molecule has 4 rings (SSSR count). The number of hydrogen-bond acceptors (Lipinski definition) is 7. The van der Waals surface area contributed by atoms with Crippen LogP contribution in [0, 0.1) is 0 Å². The van der Waals surface area contributed by atoms with Gasteiger partial charge in [0.1, 0.15) is 11.5 Å². The summed E-state index contributed by atoms with van der Waals surface area (Å²) in [4.78, 5) is 4.54. The Morgan fingerprint density at radius 2 is 1.79 bits per heavy atom. The van der Waals surface area contributed by atoms with Crippen molar-refractivity contribution in [3.63, 3.8) is 0 Å². The van der Waals surface area contributed by atoms with E-state index < -0.39 is 0 Å². The normalized spacial score (nSPS) is 10.6. The van der Waals surface area contributed by atoms with Crippen LogP contribution < -0.4 is 14.8 Å². The summed E-state index contributed by atoms with van der Waals surface area (Å²) in [6.45, 7) is 0.486. The number of nitrogens with one attached hydrogen (secondary N) is 2. The second-order valence-corrected chi connectivity index (χ2v) is 6.23. The molecule has 0 aliphatic heterocycles. The molecule has 4 aromatic rings. The minimum atomic E-state index is 0.425. The van der Waals surface area contributed by atoms with E-state index in [0.29, 0.717) is 18.2 Å². The van der Waals surface area contributed by atoms with Crippen LogP contribution in [0.1, 0.15) is 5.69 Å². The molecule has 29 heavy (non-hydrogen) atoms. The molecule has 0 aliphatic rings. The number of H-pyrrole nitrogens is 1. The maximum absolute atomic E-state index is 5.40. The SMILES string of the molecule is COc1ccc(-c2cc(CNc3nncc(-c4ccccc4OC)n3)[nH]n2)cc1. The van der Waals surface area contributed by atoms with E-state index in [1.807, 2.05) is 54.6 Å². The van der Waals surface area contributed by atoms with Gasteiger partial charge in [-0.05, 0) is 42.5 Å². The molecule has 0 saturated heterocycles. The molecule has 2 N–H and O–H groups in total. The summed E-state index contributed by atoms with van der Waals surface area (Å²) in [7, 11) is 3.28. The van der Waals surface area contributed by atoms with E-state index in [1.54, 1.807) is 20.4 Å². The standard InChI is InChI=1S/C21H20N6O2/c1-28-16-9-7-14(8-10-16)18-11-15(25-26-18)12-22-21-24-19(13-23-27-21)17-5-3-4-6-20(17)29-2/h3-11,13H,12H2,1-2H3,(H,25,26)(H,22,24,27). The maximum atomic E-state index is 5.40. The molecule has 0 bridgehead atoms. The average Bonchev–Trinajstić information content (AvgIpc) is 3.27. The van der Waals surface area contributed by atoms with Gasteiger partial charge in [0, 0.05) is 11.1 Å². The lowest BCUT2D eigenvalue weighted by atomic mass is 10.1. The van der Waals surface area contributed by atoms with E-state index in [1.165, 1.54) is 0 Å². The first-order valence-electron chi connectivity index (χ1n) is 9.02. The number of aromatic nitrogens is 5. The predicted octanol–water partition coefficient (Wildman–Crippen LogP) is 3.56. The average molecular weight is 388 g/mol. The molecule has 0 aliphatic carbocycles. The van der Waals surface area contributed by atoms with Crippen molar-refractivity contribution in [3.8, 4) is 34.0 Å². The first-order valence-corrected chi connectivity index (χ1v) is 9.02. The lowest BCUT2D eigenvalue weighted by molar-refractivity contribution is 0.415. The highest BCUT2D eigenvalue weighted by molar-refractivity contribution is 5.67. The summed E-state index contributed by atoms with van der Waals surface area (Å²) in [6, 6.07) is 17.4. The molecular formula is C21H20N6O2. The van der Waals surface area contributed by atoms with Crippen molar-refractivity contribution in [2.75, 3.05) is 19.5 Å². The van der Waals surface area contributed by atoms with E-state index in [2.05, 4.69) is 30.7 Å². The van der Waals surface area contributed by atoms with Gasteiger partial charge in [-0.3, -0.25) is 5.10 Å². The number of benzene rings is 2. The number of methoxy groups -OCH3 is 2. The van der Waals surface area contributed by atoms with E-state index >= 15 is 0 Å². The van der Waals surface area contributed by atoms with Crippen molar-refractivity contribution in [2.24, 2.45) is 0 Å². The molecule has 2 heterocycles. The van der Waals surface area contributed by atoms with E-state index in [-0.39, 0.29) is 0 Å². The molecule has 2 aromatic heterocycles. The Morgan fingerprint density at radius 3 is 2.59 bits per heavy atom.